The molecule has 2 aromatic carbocycles. The Kier molecular flexibility index (Phi) is 6.66. The van der Waals surface area contributed by atoms with Crippen LogP contribution in [-0.4, -0.2) is 40.6 Å². The molecule has 154 valence electrons. The molecule has 0 fully saturated rings. The van der Waals surface area contributed by atoms with Crippen molar-refractivity contribution in [1.82, 2.24) is 19.8 Å². The summed E-state index contributed by atoms with van der Waals surface area (Å²) in [6.45, 7) is 8.08. The molecule has 3 aromatic rings. The Balaban J connectivity index is 1.76. The third kappa shape index (κ3) is 4.65. The molecule has 1 heterocycles. The van der Waals surface area contributed by atoms with Gasteiger partial charge in [0.15, 0.2) is 18.2 Å². The van der Waals surface area contributed by atoms with Crippen LogP contribution in [0.25, 0.3) is 5.69 Å². The lowest BCUT2D eigenvalue weighted by Crippen LogP contribution is -3.07. The zero-order valence-electron chi connectivity index (χ0n) is 17.6. The van der Waals surface area contributed by atoms with Gasteiger partial charge in [-0.25, -0.2) is 0 Å². The minimum absolute atomic E-state index is 0.589. The lowest BCUT2D eigenvalue weighted by molar-refractivity contribution is -0.917. The first kappa shape index (κ1) is 21.0. The second-order valence-corrected chi connectivity index (χ2v) is 7.49. The van der Waals surface area contributed by atoms with Gasteiger partial charge in [0.1, 0.15) is 6.54 Å². The second kappa shape index (κ2) is 9.19. The number of hydrogen-bond donors (Lipinski definition) is 1. The first-order valence-electron chi connectivity index (χ1n) is 9.65. The molecule has 0 bridgehead atoms. The minimum Gasteiger partial charge on any atom is -0.493 e. The molecule has 0 saturated heterocycles. The highest BCUT2D eigenvalue weighted by atomic mass is 32.1. The van der Waals surface area contributed by atoms with Gasteiger partial charge in [-0.1, -0.05) is 18.2 Å². The number of nitrogens with zero attached hydrogens (tertiary/aromatic N) is 4. The predicted molar refractivity (Wildman–Crippen MR) is 114 cm³/mol. The maximum Gasteiger partial charge on any atom is 0.225 e. The Morgan fingerprint density at radius 3 is 2.45 bits per heavy atom. The number of quaternary nitrogens is 1. The van der Waals surface area contributed by atoms with Gasteiger partial charge in [0.25, 0.3) is 0 Å². The third-order valence-corrected chi connectivity index (χ3v) is 5.13. The van der Waals surface area contributed by atoms with Gasteiger partial charge in [0.05, 0.1) is 26.5 Å². The summed E-state index contributed by atoms with van der Waals surface area (Å²) in [5.74, 6) is 1.50. The molecule has 0 aliphatic heterocycles. The first-order valence-corrected chi connectivity index (χ1v) is 10.1. The molecular formula is C21H28N5O2S+. The fourth-order valence-corrected chi connectivity index (χ4v) is 3.64. The predicted octanol–water partition coefficient (Wildman–Crippen LogP) is 2.49. The molecule has 1 N–H and O–H groups in total. The van der Waals surface area contributed by atoms with Crippen molar-refractivity contribution in [2.24, 2.45) is 0 Å². The van der Waals surface area contributed by atoms with Gasteiger partial charge in [-0.15, -0.1) is 0 Å². The third-order valence-electron chi connectivity index (χ3n) is 4.74. The Bertz CT molecular complexity index is 1020. The number of rotatable bonds is 8. The second-order valence-electron chi connectivity index (χ2n) is 7.12. The van der Waals surface area contributed by atoms with Gasteiger partial charge in [0, 0.05) is 5.56 Å². The van der Waals surface area contributed by atoms with Crippen molar-refractivity contribution in [3.8, 4) is 17.2 Å². The van der Waals surface area contributed by atoms with Crippen molar-refractivity contribution < 1.29 is 14.4 Å². The fraction of sp³-hybridized carbons (Fsp3) is 0.381. The maximum absolute atomic E-state index is 5.65. The van der Waals surface area contributed by atoms with Crippen molar-refractivity contribution in [2.45, 2.75) is 34.0 Å². The van der Waals surface area contributed by atoms with Crippen molar-refractivity contribution in [3.63, 3.8) is 0 Å². The van der Waals surface area contributed by atoms with Crippen molar-refractivity contribution >= 4 is 12.2 Å². The number of benzene rings is 2. The van der Waals surface area contributed by atoms with Crippen LogP contribution in [0.3, 0.4) is 0 Å². The molecule has 7 nitrogen and oxygen atoms in total. The van der Waals surface area contributed by atoms with Gasteiger partial charge in [-0.3, -0.25) is 0 Å². The number of ether oxygens (including phenoxy) is 2. The molecule has 0 saturated carbocycles. The Hall–Kier alpha value is -2.71. The highest BCUT2D eigenvalue weighted by Gasteiger charge is 2.14. The molecule has 3 rings (SSSR count). The zero-order valence-corrected chi connectivity index (χ0v) is 18.4. The van der Waals surface area contributed by atoms with Crippen LogP contribution in [-0.2, 0) is 13.2 Å². The molecule has 29 heavy (non-hydrogen) atoms. The molecule has 0 radical (unpaired) electrons. The van der Waals surface area contributed by atoms with Crippen LogP contribution in [0.5, 0.6) is 11.5 Å². The average Bonchev–Trinajstić information content (AvgIpc) is 3.03. The lowest BCUT2D eigenvalue weighted by atomic mass is 10.1. The van der Waals surface area contributed by atoms with Crippen LogP contribution in [0.15, 0.2) is 36.4 Å². The Labute approximate surface area is 176 Å². The van der Waals surface area contributed by atoms with E-state index in [0.717, 1.165) is 40.4 Å². The van der Waals surface area contributed by atoms with Crippen LogP contribution in [0, 0.1) is 18.6 Å². The van der Waals surface area contributed by atoms with E-state index < -0.39 is 0 Å². The van der Waals surface area contributed by atoms with E-state index in [1.54, 1.807) is 16.5 Å². The molecule has 0 amide bonds. The summed E-state index contributed by atoms with van der Waals surface area (Å²) in [4.78, 5) is 1.22. The smallest absolute Gasteiger partial charge is 0.225 e. The number of aromatic nitrogens is 4. The number of tetrazole rings is 1. The van der Waals surface area contributed by atoms with E-state index in [1.807, 2.05) is 25.1 Å². The van der Waals surface area contributed by atoms with Gasteiger partial charge in [0.2, 0.25) is 4.77 Å². The fourth-order valence-electron chi connectivity index (χ4n) is 3.41. The largest absolute Gasteiger partial charge is 0.493 e. The number of hydrogen-bond acceptors (Lipinski definition) is 5. The summed E-state index contributed by atoms with van der Waals surface area (Å²) >= 11 is 5.65. The van der Waals surface area contributed by atoms with Crippen molar-refractivity contribution in [3.05, 3.63) is 57.9 Å². The SMILES string of the molecule is CCOc1ccc(C[NH+](C)Cn2nnn(-c3c(C)cccc3C)c2=S)cc1OC. The topological polar surface area (TPSA) is 58.5 Å². The highest BCUT2D eigenvalue weighted by molar-refractivity contribution is 7.71. The highest BCUT2D eigenvalue weighted by Crippen LogP contribution is 2.27. The average molecular weight is 415 g/mol. The zero-order chi connectivity index (χ0) is 21.0. The normalized spacial score (nSPS) is 12.0. The summed E-state index contributed by atoms with van der Waals surface area (Å²) in [6, 6.07) is 12.2. The maximum atomic E-state index is 5.65. The summed E-state index contributed by atoms with van der Waals surface area (Å²) in [5, 5.41) is 8.59. The molecular weight excluding hydrogens is 386 g/mol. The van der Waals surface area contributed by atoms with Crippen molar-refractivity contribution in [2.75, 3.05) is 20.8 Å². The van der Waals surface area contributed by atoms with E-state index in [9.17, 15) is 0 Å². The standard InChI is InChI=1S/C21H27N5O2S/c1-6-28-18-11-10-17(12-19(18)27-5)13-24(4)14-25-21(29)26(23-22-25)20-15(2)8-7-9-16(20)3/h7-12H,6,13-14H2,1-5H3/p+1. The molecule has 0 aliphatic carbocycles. The first-order chi connectivity index (χ1) is 13.9. The van der Waals surface area contributed by atoms with E-state index in [4.69, 9.17) is 21.7 Å². The quantitative estimate of drug-likeness (QED) is 0.574. The minimum atomic E-state index is 0.589. The Morgan fingerprint density at radius 2 is 1.79 bits per heavy atom. The van der Waals surface area contributed by atoms with E-state index in [0.29, 0.717) is 18.0 Å². The molecule has 0 aliphatic rings. The van der Waals surface area contributed by atoms with Crippen LogP contribution in [0.2, 0.25) is 0 Å². The van der Waals surface area contributed by atoms with Crippen LogP contribution >= 0.6 is 12.2 Å². The van der Waals surface area contributed by atoms with E-state index in [1.165, 1.54) is 4.90 Å². The number of para-hydroxylation sites is 1. The van der Waals surface area contributed by atoms with Crippen LogP contribution in [0.1, 0.15) is 23.6 Å². The number of methoxy groups -OCH3 is 1. The van der Waals surface area contributed by atoms with Gasteiger partial charge in [-0.05, 0) is 72.7 Å². The number of aryl methyl sites for hydroxylation is 2. The summed E-state index contributed by atoms with van der Waals surface area (Å²) in [6.07, 6.45) is 0. The van der Waals surface area contributed by atoms with E-state index in [2.05, 4.69) is 49.5 Å². The lowest BCUT2D eigenvalue weighted by Gasteiger charge is -2.15. The molecule has 1 unspecified atom stereocenters. The Morgan fingerprint density at radius 1 is 1.07 bits per heavy atom. The molecule has 1 aromatic heterocycles. The molecule has 1 atom stereocenters. The summed E-state index contributed by atoms with van der Waals surface area (Å²) in [7, 11) is 3.76. The summed E-state index contributed by atoms with van der Waals surface area (Å²) in [5.41, 5.74) is 4.39. The van der Waals surface area contributed by atoms with Gasteiger partial charge >= 0.3 is 0 Å². The molecule has 0 spiro atoms. The summed E-state index contributed by atoms with van der Waals surface area (Å²) < 4.78 is 15.1. The van der Waals surface area contributed by atoms with Crippen LogP contribution < -0.4 is 14.4 Å². The van der Waals surface area contributed by atoms with E-state index >= 15 is 0 Å². The van der Waals surface area contributed by atoms with Crippen molar-refractivity contribution in [1.29, 1.82) is 0 Å². The van der Waals surface area contributed by atoms with Gasteiger partial charge in [-0.2, -0.15) is 9.36 Å². The number of nitrogens with one attached hydrogen (secondary N) is 1. The monoisotopic (exact) mass is 414 g/mol. The van der Waals surface area contributed by atoms with Gasteiger partial charge < -0.3 is 14.4 Å². The van der Waals surface area contributed by atoms with Crippen LogP contribution in [0.4, 0.5) is 0 Å². The molecule has 8 heteroatoms. The van der Waals surface area contributed by atoms with E-state index in [-0.39, 0.29) is 0 Å².